The molecule has 1 heteroatoms. The molecule has 2 radical (unpaired) electrons. The molecule has 0 unspecified atom stereocenters. The summed E-state index contributed by atoms with van der Waals surface area (Å²) in [5.41, 5.74) is 5.21. The lowest BCUT2D eigenvalue weighted by atomic mass is 9.89. The van der Waals surface area contributed by atoms with Crippen LogP contribution in [0.25, 0.3) is 11.1 Å². The molecule has 2 aromatic rings. The van der Waals surface area contributed by atoms with E-state index in [0.29, 0.717) is 0 Å². The SMILES string of the molecule is [C]1CCCc2ccc(-c3ccncc3)cc21. The van der Waals surface area contributed by atoms with Crippen LogP contribution in [0.15, 0.2) is 42.7 Å². The normalized spacial score (nSPS) is 14.5. The first-order chi connectivity index (χ1) is 7.93. The molecule has 1 aromatic carbocycles. The molecule has 0 aliphatic heterocycles. The zero-order valence-corrected chi connectivity index (χ0v) is 9.11. The van der Waals surface area contributed by atoms with E-state index in [1.807, 2.05) is 24.5 Å². The van der Waals surface area contributed by atoms with Crippen molar-refractivity contribution < 1.29 is 0 Å². The monoisotopic (exact) mass is 207 g/mol. The maximum atomic E-state index is 4.04. The molecule has 0 spiro atoms. The van der Waals surface area contributed by atoms with Crippen LogP contribution in [-0.4, -0.2) is 4.98 Å². The van der Waals surface area contributed by atoms with Gasteiger partial charge in [-0.3, -0.25) is 4.98 Å². The molecular weight excluding hydrogens is 194 g/mol. The van der Waals surface area contributed by atoms with Crippen LogP contribution in [0.3, 0.4) is 0 Å². The molecule has 0 fully saturated rings. The highest BCUT2D eigenvalue weighted by molar-refractivity contribution is 5.65. The number of fused-ring (bicyclic) bond motifs is 1. The molecule has 1 nitrogen and oxygen atoms in total. The molecular formula is C15H13N. The van der Waals surface area contributed by atoms with Gasteiger partial charge >= 0.3 is 0 Å². The molecule has 0 atom stereocenters. The lowest BCUT2D eigenvalue weighted by molar-refractivity contribution is 0.775. The van der Waals surface area contributed by atoms with Gasteiger partial charge in [-0.2, -0.15) is 0 Å². The Morgan fingerprint density at radius 1 is 1.00 bits per heavy atom. The summed E-state index contributed by atoms with van der Waals surface area (Å²) in [5, 5.41) is 0. The maximum absolute atomic E-state index is 4.04. The molecule has 1 aliphatic rings. The molecule has 0 saturated carbocycles. The van der Waals surface area contributed by atoms with Crippen molar-refractivity contribution in [3.8, 4) is 11.1 Å². The van der Waals surface area contributed by atoms with E-state index in [9.17, 15) is 0 Å². The first-order valence-electron chi connectivity index (χ1n) is 5.71. The Labute approximate surface area is 96.2 Å². The molecule has 1 heterocycles. The molecule has 0 bridgehead atoms. The summed E-state index contributed by atoms with van der Waals surface area (Å²) in [4.78, 5) is 4.04. The molecule has 0 saturated heterocycles. The second-order valence-electron chi connectivity index (χ2n) is 4.14. The largest absolute Gasteiger partial charge is 0.265 e. The van der Waals surface area contributed by atoms with Crippen molar-refractivity contribution in [2.75, 3.05) is 0 Å². The van der Waals surface area contributed by atoms with Gasteiger partial charge in [0.25, 0.3) is 0 Å². The van der Waals surface area contributed by atoms with Crippen molar-refractivity contribution in [2.45, 2.75) is 19.3 Å². The summed E-state index contributed by atoms with van der Waals surface area (Å²) >= 11 is 0. The minimum absolute atomic E-state index is 1.09. The fourth-order valence-electron chi connectivity index (χ4n) is 2.18. The Morgan fingerprint density at radius 2 is 1.88 bits per heavy atom. The second-order valence-corrected chi connectivity index (χ2v) is 4.14. The minimum atomic E-state index is 1.09. The van der Waals surface area contributed by atoms with Crippen LogP contribution in [0, 0.1) is 6.42 Å². The highest BCUT2D eigenvalue weighted by atomic mass is 14.6. The maximum Gasteiger partial charge on any atom is 0.0273 e. The van der Waals surface area contributed by atoms with Crippen LogP contribution in [0.5, 0.6) is 0 Å². The first kappa shape index (κ1) is 9.59. The van der Waals surface area contributed by atoms with Crippen molar-refractivity contribution in [1.82, 2.24) is 4.98 Å². The highest BCUT2D eigenvalue weighted by Gasteiger charge is 2.10. The number of rotatable bonds is 1. The van der Waals surface area contributed by atoms with Crippen molar-refractivity contribution in [3.63, 3.8) is 0 Å². The smallest absolute Gasteiger partial charge is 0.0273 e. The Morgan fingerprint density at radius 3 is 2.75 bits per heavy atom. The predicted molar refractivity (Wildman–Crippen MR) is 65.0 cm³/mol. The average molecular weight is 207 g/mol. The van der Waals surface area contributed by atoms with E-state index < -0.39 is 0 Å². The Bertz CT molecular complexity index is 488. The average Bonchev–Trinajstić information content (AvgIpc) is 2.39. The molecule has 78 valence electrons. The van der Waals surface area contributed by atoms with Gasteiger partial charge in [-0.15, -0.1) is 0 Å². The molecule has 1 aliphatic carbocycles. The topological polar surface area (TPSA) is 12.9 Å². The number of aromatic nitrogens is 1. The summed E-state index contributed by atoms with van der Waals surface area (Å²) < 4.78 is 0. The lowest BCUT2D eigenvalue weighted by Gasteiger charge is -2.15. The molecule has 3 rings (SSSR count). The number of aryl methyl sites for hydroxylation is 1. The van der Waals surface area contributed by atoms with Crippen LogP contribution < -0.4 is 0 Å². The van der Waals surface area contributed by atoms with Gasteiger partial charge in [0, 0.05) is 18.8 Å². The zero-order valence-electron chi connectivity index (χ0n) is 9.11. The number of hydrogen-bond acceptors (Lipinski definition) is 1. The first-order valence-corrected chi connectivity index (χ1v) is 5.71. The van der Waals surface area contributed by atoms with Crippen LogP contribution in [0.1, 0.15) is 24.0 Å². The molecule has 1 aromatic heterocycles. The second kappa shape index (κ2) is 4.09. The zero-order chi connectivity index (χ0) is 10.8. The van der Waals surface area contributed by atoms with Crippen LogP contribution in [-0.2, 0) is 6.42 Å². The molecule has 0 N–H and O–H groups in total. The lowest BCUT2D eigenvalue weighted by Crippen LogP contribution is -2.00. The number of hydrogen-bond donors (Lipinski definition) is 0. The van der Waals surface area contributed by atoms with Crippen LogP contribution >= 0.6 is 0 Å². The van der Waals surface area contributed by atoms with Crippen molar-refractivity contribution >= 4 is 0 Å². The van der Waals surface area contributed by atoms with E-state index in [1.54, 1.807) is 0 Å². The van der Waals surface area contributed by atoms with E-state index in [2.05, 4.69) is 29.6 Å². The molecule has 16 heavy (non-hydrogen) atoms. The van der Waals surface area contributed by atoms with E-state index in [0.717, 1.165) is 6.42 Å². The van der Waals surface area contributed by atoms with Gasteiger partial charge in [-0.25, -0.2) is 0 Å². The Kier molecular flexibility index (Phi) is 2.45. The van der Waals surface area contributed by atoms with E-state index in [4.69, 9.17) is 0 Å². The van der Waals surface area contributed by atoms with Gasteiger partial charge in [-0.05, 0) is 53.6 Å². The van der Waals surface area contributed by atoms with E-state index in [1.165, 1.54) is 35.1 Å². The number of benzene rings is 1. The summed E-state index contributed by atoms with van der Waals surface area (Å²) in [6.45, 7) is 0. The van der Waals surface area contributed by atoms with E-state index >= 15 is 0 Å². The van der Waals surface area contributed by atoms with Crippen LogP contribution in [0.2, 0.25) is 0 Å². The highest BCUT2D eigenvalue weighted by Crippen LogP contribution is 2.27. The third kappa shape index (κ3) is 1.73. The Balaban J connectivity index is 2.03. The Hall–Kier alpha value is -1.63. The van der Waals surface area contributed by atoms with Gasteiger partial charge in [0.2, 0.25) is 0 Å². The van der Waals surface area contributed by atoms with Crippen molar-refractivity contribution in [3.05, 3.63) is 60.3 Å². The third-order valence-corrected chi connectivity index (χ3v) is 3.06. The number of nitrogens with zero attached hydrogens (tertiary/aromatic N) is 1. The third-order valence-electron chi connectivity index (χ3n) is 3.06. The fourth-order valence-corrected chi connectivity index (χ4v) is 2.18. The fraction of sp³-hybridized carbons (Fsp3) is 0.200. The standard InChI is InChI=1S/C15H13N/c1-2-4-14-11-15(6-5-12(14)3-1)13-7-9-16-10-8-13/h5-11H,1-3H2. The van der Waals surface area contributed by atoms with Crippen molar-refractivity contribution in [2.24, 2.45) is 0 Å². The quantitative estimate of drug-likeness (QED) is 0.697. The van der Waals surface area contributed by atoms with Gasteiger partial charge in [0.15, 0.2) is 0 Å². The van der Waals surface area contributed by atoms with Gasteiger partial charge in [0.05, 0.1) is 0 Å². The van der Waals surface area contributed by atoms with Crippen LogP contribution in [0.4, 0.5) is 0 Å². The molecule has 0 amide bonds. The van der Waals surface area contributed by atoms with E-state index in [-0.39, 0.29) is 0 Å². The summed E-state index contributed by atoms with van der Waals surface area (Å²) in [5.74, 6) is 0. The predicted octanol–water partition coefficient (Wildman–Crippen LogP) is 3.51. The van der Waals surface area contributed by atoms with Gasteiger partial charge in [-0.1, -0.05) is 18.2 Å². The summed E-state index contributed by atoms with van der Waals surface area (Å²) in [6, 6.07) is 10.8. The van der Waals surface area contributed by atoms with Gasteiger partial charge < -0.3 is 0 Å². The minimum Gasteiger partial charge on any atom is -0.265 e. The summed E-state index contributed by atoms with van der Waals surface area (Å²) in [7, 11) is 0. The van der Waals surface area contributed by atoms with Crippen molar-refractivity contribution in [1.29, 1.82) is 0 Å². The summed E-state index contributed by atoms with van der Waals surface area (Å²) in [6.07, 6.45) is 10.6. The number of pyridine rings is 1. The van der Waals surface area contributed by atoms with Gasteiger partial charge in [0.1, 0.15) is 0 Å².